The van der Waals surface area contributed by atoms with E-state index in [0.29, 0.717) is 5.92 Å². The maximum absolute atomic E-state index is 11.8. The lowest BCUT2D eigenvalue weighted by molar-refractivity contribution is 0.243. The van der Waals surface area contributed by atoms with Crippen LogP contribution < -0.4 is 16.0 Å². The lowest BCUT2D eigenvalue weighted by atomic mass is 9.85. The number of carbonyl (C=O) groups excluding carboxylic acids is 1. The molecule has 2 amide bonds. The van der Waals surface area contributed by atoms with Crippen LogP contribution in [0.5, 0.6) is 0 Å². The molecule has 0 bridgehead atoms. The van der Waals surface area contributed by atoms with E-state index in [9.17, 15) is 4.79 Å². The number of carbonyl (C=O) groups is 1. The summed E-state index contributed by atoms with van der Waals surface area (Å²) in [5.74, 6) is 0.682. The molecule has 0 saturated heterocycles. The SMILES string of the molecule is CNC(C)c1cccc(NC(=O)NCC2CCC2)c1. The first-order valence-electron chi connectivity index (χ1n) is 7.01. The number of nitrogens with one attached hydrogen (secondary N) is 3. The average Bonchev–Trinajstić information content (AvgIpc) is 2.36. The van der Waals surface area contributed by atoms with Crippen molar-refractivity contribution in [3.05, 3.63) is 29.8 Å². The van der Waals surface area contributed by atoms with Crippen LogP contribution in [0.1, 0.15) is 37.8 Å². The summed E-state index contributed by atoms with van der Waals surface area (Å²) in [5, 5.41) is 9.01. The van der Waals surface area contributed by atoms with E-state index in [1.807, 2.05) is 25.2 Å². The average molecular weight is 261 g/mol. The number of amides is 2. The van der Waals surface area contributed by atoms with Gasteiger partial charge in [-0.3, -0.25) is 0 Å². The zero-order chi connectivity index (χ0) is 13.7. The smallest absolute Gasteiger partial charge is 0.319 e. The molecule has 1 aromatic rings. The van der Waals surface area contributed by atoms with Gasteiger partial charge in [0.15, 0.2) is 0 Å². The molecule has 2 rings (SSSR count). The Labute approximate surface area is 115 Å². The first-order chi connectivity index (χ1) is 9.19. The van der Waals surface area contributed by atoms with Crippen molar-refractivity contribution in [3.63, 3.8) is 0 Å². The van der Waals surface area contributed by atoms with E-state index >= 15 is 0 Å². The minimum Gasteiger partial charge on any atom is -0.338 e. The van der Waals surface area contributed by atoms with Crippen LogP contribution >= 0.6 is 0 Å². The minimum absolute atomic E-state index is 0.110. The lowest BCUT2D eigenvalue weighted by Crippen LogP contribution is -2.35. The highest BCUT2D eigenvalue weighted by Crippen LogP contribution is 2.25. The molecule has 1 aliphatic carbocycles. The molecule has 0 aliphatic heterocycles. The second kappa shape index (κ2) is 6.57. The maximum atomic E-state index is 11.8. The van der Waals surface area contributed by atoms with Gasteiger partial charge in [0.25, 0.3) is 0 Å². The molecule has 4 nitrogen and oxygen atoms in total. The van der Waals surface area contributed by atoms with E-state index in [0.717, 1.165) is 12.2 Å². The summed E-state index contributed by atoms with van der Waals surface area (Å²) >= 11 is 0. The Kier molecular flexibility index (Phi) is 4.80. The van der Waals surface area contributed by atoms with Crippen molar-refractivity contribution in [2.24, 2.45) is 5.92 Å². The zero-order valence-corrected chi connectivity index (χ0v) is 11.7. The van der Waals surface area contributed by atoms with Crippen LogP contribution in [-0.2, 0) is 0 Å². The van der Waals surface area contributed by atoms with Gasteiger partial charge in [0.1, 0.15) is 0 Å². The van der Waals surface area contributed by atoms with Gasteiger partial charge in [-0.2, -0.15) is 0 Å². The summed E-state index contributed by atoms with van der Waals surface area (Å²) in [6.07, 6.45) is 3.79. The van der Waals surface area contributed by atoms with Crippen molar-refractivity contribution >= 4 is 11.7 Å². The van der Waals surface area contributed by atoms with Gasteiger partial charge >= 0.3 is 6.03 Å². The van der Waals surface area contributed by atoms with Gasteiger partial charge in [0.2, 0.25) is 0 Å². The van der Waals surface area contributed by atoms with Gasteiger partial charge in [0, 0.05) is 18.3 Å². The fourth-order valence-electron chi connectivity index (χ4n) is 2.16. The first kappa shape index (κ1) is 13.9. The highest BCUT2D eigenvalue weighted by Gasteiger charge is 2.17. The van der Waals surface area contributed by atoms with Gasteiger partial charge in [-0.1, -0.05) is 18.6 Å². The number of benzene rings is 1. The van der Waals surface area contributed by atoms with Crippen molar-refractivity contribution in [3.8, 4) is 0 Å². The molecule has 1 atom stereocenters. The maximum Gasteiger partial charge on any atom is 0.319 e. The molecule has 1 fully saturated rings. The number of anilines is 1. The predicted molar refractivity (Wildman–Crippen MR) is 78.3 cm³/mol. The third-order valence-electron chi connectivity index (χ3n) is 3.85. The van der Waals surface area contributed by atoms with E-state index in [1.54, 1.807) is 0 Å². The first-order valence-corrected chi connectivity index (χ1v) is 7.01. The van der Waals surface area contributed by atoms with Crippen molar-refractivity contribution < 1.29 is 4.79 Å². The molecule has 1 unspecified atom stereocenters. The predicted octanol–water partition coefficient (Wildman–Crippen LogP) is 2.89. The van der Waals surface area contributed by atoms with Gasteiger partial charge in [-0.05, 0) is 50.4 Å². The molecule has 1 saturated carbocycles. The summed E-state index contributed by atoms with van der Waals surface area (Å²) in [6.45, 7) is 2.88. The normalized spacial score (nSPS) is 16.5. The van der Waals surface area contributed by atoms with Crippen LogP contribution in [0.2, 0.25) is 0 Å². The third kappa shape index (κ3) is 3.96. The van der Waals surface area contributed by atoms with Gasteiger partial charge < -0.3 is 16.0 Å². The van der Waals surface area contributed by atoms with Crippen molar-refractivity contribution in [1.82, 2.24) is 10.6 Å². The fraction of sp³-hybridized carbons (Fsp3) is 0.533. The zero-order valence-electron chi connectivity index (χ0n) is 11.7. The molecule has 19 heavy (non-hydrogen) atoms. The van der Waals surface area contributed by atoms with Gasteiger partial charge in [0.05, 0.1) is 0 Å². The number of rotatable bonds is 5. The largest absolute Gasteiger partial charge is 0.338 e. The van der Waals surface area contributed by atoms with Gasteiger partial charge in [-0.25, -0.2) is 4.79 Å². The summed E-state index contributed by atoms with van der Waals surface area (Å²) in [7, 11) is 1.93. The molecule has 0 aromatic heterocycles. The Morgan fingerprint density at radius 1 is 1.42 bits per heavy atom. The third-order valence-corrected chi connectivity index (χ3v) is 3.85. The van der Waals surface area contributed by atoms with Crippen LogP contribution in [0.15, 0.2) is 24.3 Å². The second-order valence-electron chi connectivity index (χ2n) is 5.27. The van der Waals surface area contributed by atoms with Crippen LogP contribution in [0.3, 0.4) is 0 Å². The number of hydrogen-bond acceptors (Lipinski definition) is 2. The molecule has 3 N–H and O–H groups in total. The van der Waals surface area contributed by atoms with E-state index in [1.165, 1.54) is 24.8 Å². The van der Waals surface area contributed by atoms with Crippen LogP contribution in [0.25, 0.3) is 0 Å². The highest BCUT2D eigenvalue weighted by atomic mass is 16.2. The molecule has 0 radical (unpaired) electrons. The van der Waals surface area contributed by atoms with E-state index in [4.69, 9.17) is 0 Å². The van der Waals surface area contributed by atoms with E-state index < -0.39 is 0 Å². The number of urea groups is 1. The van der Waals surface area contributed by atoms with E-state index in [-0.39, 0.29) is 12.1 Å². The quantitative estimate of drug-likeness (QED) is 0.763. The Morgan fingerprint density at radius 2 is 2.21 bits per heavy atom. The van der Waals surface area contributed by atoms with Crippen LogP contribution in [0, 0.1) is 5.92 Å². The molecule has 1 aromatic carbocycles. The Balaban J connectivity index is 1.85. The number of hydrogen-bond donors (Lipinski definition) is 3. The molecular weight excluding hydrogens is 238 g/mol. The molecule has 104 valence electrons. The van der Waals surface area contributed by atoms with Crippen LogP contribution in [0.4, 0.5) is 10.5 Å². The van der Waals surface area contributed by atoms with Crippen molar-refractivity contribution in [1.29, 1.82) is 0 Å². The molecule has 4 heteroatoms. The monoisotopic (exact) mass is 261 g/mol. The summed E-state index contributed by atoms with van der Waals surface area (Å²) in [6, 6.07) is 8.10. The van der Waals surface area contributed by atoms with Crippen molar-refractivity contribution in [2.45, 2.75) is 32.2 Å². The Hall–Kier alpha value is -1.55. The summed E-state index contributed by atoms with van der Waals surface area (Å²) < 4.78 is 0. The van der Waals surface area contributed by atoms with Gasteiger partial charge in [-0.15, -0.1) is 0 Å². The Morgan fingerprint density at radius 3 is 2.84 bits per heavy atom. The lowest BCUT2D eigenvalue weighted by Gasteiger charge is -2.25. The van der Waals surface area contributed by atoms with E-state index in [2.05, 4.69) is 28.9 Å². The molecular formula is C15H23N3O. The molecule has 1 aliphatic rings. The summed E-state index contributed by atoms with van der Waals surface area (Å²) in [5.41, 5.74) is 2.00. The topological polar surface area (TPSA) is 53.2 Å². The fourth-order valence-corrected chi connectivity index (χ4v) is 2.16. The minimum atomic E-state index is -0.110. The highest BCUT2D eigenvalue weighted by molar-refractivity contribution is 5.89. The summed E-state index contributed by atoms with van der Waals surface area (Å²) in [4.78, 5) is 11.8. The second-order valence-corrected chi connectivity index (χ2v) is 5.27. The Bertz CT molecular complexity index is 429. The molecule has 0 spiro atoms. The molecule has 0 heterocycles. The van der Waals surface area contributed by atoms with Crippen molar-refractivity contribution in [2.75, 3.05) is 18.9 Å². The van der Waals surface area contributed by atoms with Crippen LogP contribution in [-0.4, -0.2) is 19.6 Å². The standard InChI is InChI=1S/C15H23N3O/c1-11(16-2)13-7-4-8-14(9-13)18-15(19)17-10-12-5-3-6-12/h4,7-9,11-12,16H,3,5-6,10H2,1-2H3,(H2,17,18,19).